The number of unbranched alkanes of at least 4 members (excludes halogenated alkanes) is 3. The summed E-state index contributed by atoms with van der Waals surface area (Å²) in [5.41, 5.74) is 1.11. The normalized spacial score (nSPS) is 13.9. The first-order valence-corrected chi connectivity index (χ1v) is 9.73. The minimum Gasteiger partial charge on any atom is -0.346 e. The number of aromatic nitrogens is 2. The predicted molar refractivity (Wildman–Crippen MR) is 98.7 cm³/mol. The van der Waals surface area contributed by atoms with E-state index in [1.54, 1.807) is 4.90 Å². The van der Waals surface area contributed by atoms with Crippen LogP contribution in [0.3, 0.4) is 0 Å². The largest absolute Gasteiger partial charge is 0.346 e. The summed E-state index contributed by atoms with van der Waals surface area (Å²) in [6.45, 7) is 7.75. The van der Waals surface area contributed by atoms with Gasteiger partial charge in [-0.25, -0.2) is 4.98 Å². The third-order valence-electron chi connectivity index (χ3n) is 4.54. The van der Waals surface area contributed by atoms with Crippen LogP contribution in [0.15, 0.2) is 4.79 Å². The van der Waals surface area contributed by atoms with E-state index < -0.39 is 6.29 Å². The number of rotatable bonds is 10. The molecule has 0 aliphatic carbocycles. The van der Waals surface area contributed by atoms with E-state index in [0.717, 1.165) is 31.4 Å². The van der Waals surface area contributed by atoms with Crippen LogP contribution in [0, 0.1) is 0 Å². The maximum atomic E-state index is 12.5. The standard InChI is InChI=1S/C19H31N3O4/c1-4-7-8-9-10-16(23)22-12-11-15-14(13-22)18(24)21-17(20-15)19(25-5-2)26-6-3/h19H,4-13H2,1-3H3,(H,20,21,24). The third-order valence-corrected chi connectivity index (χ3v) is 4.54. The van der Waals surface area contributed by atoms with Gasteiger partial charge >= 0.3 is 0 Å². The molecule has 7 heteroatoms. The van der Waals surface area contributed by atoms with Crippen LogP contribution in [0.1, 0.15) is 76.2 Å². The number of amides is 1. The highest BCUT2D eigenvalue weighted by Crippen LogP contribution is 2.19. The summed E-state index contributed by atoms with van der Waals surface area (Å²) in [4.78, 5) is 34.0. The molecule has 26 heavy (non-hydrogen) atoms. The molecular formula is C19H31N3O4. The second kappa shape index (κ2) is 10.4. The molecule has 0 radical (unpaired) electrons. The lowest BCUT2D eigenvalue weighted by atomic mass is 10.1. The molecule has 0 fully saturated rings. The van der Waals surface area contributed by atoms with Crippen molar-refractivity contribution in [3.05, 3.63) is 27.4 Å². The van der Waals surface area contributed by atoms with E-state index in [1.165, 1.54) is 0 Å². The summed E-state index contributed by atoms with van der Waals surface area (Å²) in [5.74, 6) is 0.522. The van der Waals surface area contributed by atoms with Crippen molar-refractivity contribution in [2.24, 2.45) is 0 Å². The van der Waals surface area contributed by atoms with Crippen LogP contribution in [0.5, 0.6) is 0 Å². The van der Waals surface area contributed by atoms with Crippen molar-refractivity contribution >= 4 is 5.91 Å². The number of hydrogen-bond acceptors (Lipinski definition) is 5. The summed E-state index contributed by atoms with van der Waals surface area (Å²) in [6.07, 6.45) is 4.76. The highest BCUT2D eigenvalue weighted by atomic mass is 16.7. The van der Waals surface area contributed by atoms with Crippen LogP contribution < -0.4 is 5.56 Å². The van der Waals surface area contributed by atoms with Gasteiger partial charge in [0.15, 0.2) is 5.82 Å². The van der Waals surface area contributed by atoms with Crippen molar-refractivity contribution < 1.29 is 14.3 Å². The van der Waals surface area contributed by atoms with Gasteiger partial charge < -0.3 is 19.4 Å². The monoisotopic (exact) mass is 365 g/mol. The lowest BCUT2D eigenvalue weighted by Crippen LogP contribution is -2.40. The van der Waals surface area contributed by atoms with Crippen LogP contribution in [0.4, 0.5) is 0 Å². The van der Waals surface area contributed by atoms with E-state index in [4.69, 9.17) is 9.47 Å². The third kappa shape index (κ3) is 5.38. The van der Waals surface area contributed by atoms with Gasteiger partial charge in [0, 0.05) is 32.6 Å². The average molecular weight is 365 g/mol. The Labute approximate surface area is 155 Å². The SMILES string of the molecule is CCCCCCC(=O)N1CCc2nc(C(OCC)OCC)[nH]c(=O)c2C1. The molecule has 0 atom stereocenters. The fourth-order valence-corrected chi connectivity index (χ4v) is 3.14. The quantitative estimate of drug-likeness (QED) is 0.509. The molecule has 0 spiro atoms. The molecule has 1 N–H and O–H groups in total. The van der Waals surface area contributed by atoms with Crippen LogP contribution in [-0.2, 0) is 27.2 Å². The first-order chi connectivity index (χ1) is 12.6. The van der Waals surface area contributed by atoms with Gasteiger partial charge in [0.25, 0.3) is 5.56 Å². The molecule has 0 saturated heterocycles. The predicted octanol–water partition coefficient (Wildman–Crippen LogP) is 2.70. The van der Waals surface area contributed by atoms with Crippen molar-refractivity contribution in [2.75, 3.05) is 19.8 Å². The van der Waals surface area contributed by atoms with Gasteiger partial charge in [-0.1, -0.05) is 26.2 Å². The van der Waals surface area contributed by atoms with E-state index in [-0.39, 0.29) is 11.5 Å². The van der Waals surface area contributed by atoms with Crippen molar-refractivity contribution in [1.82, 2.24) is 14.9 Å². The molecule has 2 rings (SSSR count). The van der Waals surface area contributed by atoms with Gasteiger partial charge in [0.2, 0.25) is 12.2 Å². The Balaban J connectivity index is 2.07. The number of carbonyl (C=O) groups excluding carboxylic acids is 1. The molecule has 146 valence electrons. The maximum Gasteiger partial charge on any atom is 0.256 e. The van der Waals surface area contributed by atoms with E-state index >= 15 is 0 Å². The minimum atomic E-state index is -0.666. The number of hydrogen-bond donors (Lipinski definition) is 1. The Morgan fingerprint density at radius 1 is 1.19 bits per heavy atom. The molecule has 0 aromatic carbocycles. The van der Waals surface area contributed by atoms with Gasteiger partial charge in [0.1, 0.15) is 0 Å². The molecule has 7 nitrogen and oxygen atoms in total. The van der Waals surface area contributed by atoms with Crippen molar-refractivity contribution in [3.8, 4) is 0 Å². The molecule has 0 unspecified atom stereocenters. The zero-order valence-electron chi connectivity index (χ0n) is 16.2. The molecule has 1 aromatic rings. The molecule has 2 heterocycles. The molecule has 0 bridgehead atoms. The van der Waals surface area contributed by atoms with Crippen LogP contribution >= 0.6 is 0 Å². The topological polar surface area (TPSA) is 84.5 Å². The molecule has 1 aliphatic rings. The number of nitrogens with zero attached hydrogens (tertiary/aromatic N) is 2. The van der Waals surface area contributed by atoms with E-state index in [1.807, 2.05) is 13.8 Å². The van der Waals surface area contributed by atoms with Gasteiger partial charge in [-0.15, -0.1) is 0 Å². The Bertz CT molecular complexity index is 638. The molecule has 1 aromatic heterocycles. The highest BCUT2D eigenvalue weighted by Gasteiger charge is 2.26. The Morgan fingerprint density at radius 3 is 2.58 bits per heavy atom. The smallest absolute Gasteiger partial charge is 0.256 e. The highest BCUT2D eigenvalue weighted by molar-refractivity contribution is 5.76. The van der Waals surface area contributed by atoms with Crippen molar-refractivity contribution in [2.45, 2.75) is 72.1 Å². The summed E-state index contributed by atoms with van der Waals surface area (Å²) in [7, 11) is 0. The summed E-state index contributed by atoms with van der Waals surface area (Å²) >= 11 is 0. The summed E-state index contributed by atoms with van der Waals surface area (Å²) in [6, 6.07) is 0. The summed E-state index contributed by atoms with van der Waals surface area (Å²) < 4.78 is 11.0. The van der Waals surface area contributed by atoms with Crippen molar-refractivity contribution in [1.29, 1.82) is 0 Å². The van der Waals surface area contributed by atoms with Gasteiger partial charge in [-0.3, -0.25) is 9.59 Å². The maximum absolute atomic E-state index is 12.5. The fraction of sp³-hybridized carbons (Fsp3) is 0.737. The van der Waals surface area contributed by atoms with Gasteiger partial charge in [-0.2, -0.15) is 0 Å². The molecule has 1 amide bonds. The van der Waals surface area contributed by atoms with Gasteiger partial charge in [0.05, 0.1) is 17.8 Å². The number of aromatic amines is 1. The number of nitrogens with one attached hydrogen (secondary N) is 1. The Kier molecular flexibility index (Phi) is 8.25. The first kappa shape index (κ1) is 20.6. The fourth-order valence-electron chi connectivity index (χ4n) is 3.14. The number of fused-ring (bicyclic) bond motifs is 1. The summed E-state index contributed by atoms with van der Waals surface area (Å²) in [5, 5.41) is 0. The Hall–Kier alpha value is -1.73. The van der Waals surface area contributed by atoms with Crippen LogP contribution in [0.25, 0.3) is 0 Å². The number of H-pyrrole nitrogens is 1. The van der Waals surface area contributed by atoms with Crippen molar-refractivity contribution in [3.63, 3.8) is 0 Å². The second-order valence-electron chi connectivity index (χ2n) is 6.49. The number of ether oxygens (including phenoxy) is 2. The molecular weight excluding hydrogens is 334 g/mol. The van der Waals surface area contributed by atoms with Crippen LogP contribution in [-0.4, -0.2) is 40.5 Å². The molecule has 1 aliphatic heterocycles. The lowest BCUT2D eigenvalue weighted by molar-refractivity contribution is -0.145. The minimum absolute atomic E-state index is 0.122. The molecule has 0 saturated carbocycles. The average Bonchev–Trinajstić information content (AvgIpc) is 2.64. The zero-order valence-corrected chi connectivity index (χ0v) is 16.2. The zero-order chi connectivity index (χ0) is 18.9. The second-order valence-corrected chi connectivity index (χ2v) is 6.49. The number of carbonyl (C=O) groups is 1. The first-order valence-electron chi connectivity index (χ1n) is 9.73. The van der Waals surface area contributed by atoms with Gasteiger partial charge in [-0.05, 0) is 20.3 Å². The lowest BCUT2D eigenvalue weighted by Gasteiger charge is -2.28. The van der Waals surface area contributed by atoms with E-state index in [9.17, 15) is 9.59 Å². The van der Waals surface area contributed by atoms with E-state index in [0.29, 0.717) is 50.5 Å². The van der Waals surface area contributed by atoms with Crippen LogP contribution in [0.2, 0.25) is 0 Å². The Morgan fingerprint density at radius 2 is 1.92 bits per heavy atom. The van der Waals surface area contributed by atoms with E-state index in [2.05, 4.69) is 16.9 Å².